The zero-order valence-corrected chi connectivity index (χ0v) is 9.05. The largest absolute Gasteiger partial charge is 0.0654 e. The van der Waals surface area contributed by atoms with E-state index in [9.17, 15) is 0 Å². The molecule has 0 aliphatic heterocycles. The van der Waals surface area contributed by atoms with Gasteiger partial charge in [0.15, 0.2) is 0 Å². The van der Waals surface area contributed by atoms with Crippen LogP contribution < -0.4 is 0 Å². The van der Waals surface area contributed by atoms with Crippen LogP contribution in [0.4, 0.5) is 0 Å². The molecule has 0 radical (unpaired) electrons. The highest BCUT2D eigenvalue weighted by Crippen LogP contribution is 2.76. The van der Waals surface area contributed by atoms with Gasteiger partial charge in [0.05, 0.1) is 0 Å². The van der Waals surface area contributed by atoms with Gasteiger partial charge in [0.1, 0.15) is 0 Å². The Labute approximate surface area is 82.1 Å². The third kappa shape index (κ3) is 0.831. The predicted molar refractivity (Wildman–Crippen MR) is 55.4 cm³/mol. The number of fused-ring (bicyclic) bond motifs is 4. The topological polar surface area (TPSA) is 0 Å². The Morgan fingerprint density at radius 1 is 1.31 bits per heavy atom. The Morgan fingerprint density at radius 2 is 2.15 bits per heavy atom. The first-order valence-corrected chi connectivity index (χ1v) is 6.27. The molecule has 0 heterocycles. The van der Waals surface area contributed by atoms with E-state index in [2.05, 4.69) is 13.8 Å². The molecule has 0 saturated heterocycles. The Morgan fingerprint density at radius 3 is 2.69 bits per heavy atom. The Hall–Kier alpha value is 0. The molecule has 0 aromatic rings. The maximum atomic E-state index is 2.55. The molecular weight excluding hydrogens is 156 g/mol. The van der Waals surface area contributed by atoms with Crippen molar-refractivity contribution < 1.29 is 0 Å². The summed E-state index contributed by atoms with van der Waals surface area (Å²) in [6.45, 7) is 4.88. The lowest BCUT2D eigenvalue weighted by molar-refractivity contribution is -0.273. The van der Waals surface area contributed by atoms with Crippen molar-refractivity contribution >= 4 is 0 Å². The molecule has 3 saturated carbocycles. The average molecular weight is 178 g/mol. The molecule has 5 unspecified atom stereocenters. The molecule has 0 N–H and O–H groups in total. The first-order chi connectivity index (χ1) is 6.27. The molecule has 3 rings (SSSR count). The molecule has 3 aliphatic rings. The third-order valence-electron chi connectivity index (χ3n) is 5.65. The lowest BCUT2D eigenvalue weighted by Crippen LogP contribution is -2.69. The van der Waals surface area contributed by atoms with Crippen molar-refractivity contribution in [2.75, 3.05) is 0 Å². The third-order valence-corrected chi connectivity index (χ3v) is 5.65. The fraction of sp³-hybridized carbons (Fsp3) is 1.00. The molecule has 13 heavy (non-hydrogen) atoms. The highest BCUT2D eigenvalue weighted by molar-refractivity contribution is 5.18. The minimum absolute atomic E-state index is 0.855. The van der Waals surface area contributed by atoms with Gasteiger partial charge in [-0.05, 0) is 48.3 Å². The normalized spacial score (nSPS) is 56.8. The molecule has 3 aliphatic carbocycles. The van der Waals surface area contributed by atoms with Crippen molar-refractivity contribution in [1.82, 2.24) is 0 Å². The summed E-state index contributed by atoms with van der Waals surface area (Å²) in [4.78, 5) is 0. The van der Waals surface area contributed by atoms with E-state index in [-0.39, 0.29) is 0 Å². The molecule has 0 amide bonds. The van der Waals surface area contributed by atoms with E-state index in [0.717, 1.165) is 11.3 Å². The van der Waals surface area contributed by atoms with Gasteiger partial charge in [-0.2, -0.15) is 0 Å². The Balaban J connectivity index is 1.57. The zero-order valence-electron chi connectivity index (χ0n) is 9.05. The summed E-state index contributed by atoms with van der Waals surface area (Å²) in [5, 5.41) is 0. The lowest BCUT2D eigenvalue weighted by Gasteiger charge is -2.76. The van der Waals surface area contributed by atoms with Crippen molar-refractivity contribution in [3.05, 3.63) is 0 Å². The van der Waals surface area contributed by atoms with Gasteiger partial charge in [-0.1, -0.05) is 33.1 Å². The van der Waals surface area contributed by atoms with Gasteiger partial charge in [0.2, 0.25) is 0 Å². The molecule has 0 aromatic carbocycles. The molecule has 0 nitrogen and oxygen atoms in total. The van der Waals surface area contributed by atoms with Crippen LogP contribution in [0.1, 0.15) is 52.4 Å². The second kappa shape index (κ2) is 2.52. The van der Waals surface area contributed by atoms with Crippen LogP contribution in [-0.4, -0.2) is 0 Å². The quantitative estimate of drug-likeness (QED) is 0.615. The maximum Gasteiger partial charge on any atom is -0.0263 e. The molecule has 3 fully saturated rings. The van der Waals surface area contributed by atoms with Crippen LogP contribution in [0.2, 0.25) is 0 Å². The van der Waals surface area contributed by atoms with E-state index in [1.807, 2.05) is 0 Å². The predicted octanol–water partition coefficient (Wildman–Crippen LogP) is 3.86. The molecule has 0 aromatic heterocycles. The van der Waals surface area contributed by atoms with E-state index in [1.165, 1.54) is 30.6 Å². The second-order valence-corrected chi connectivity index (χ2v) is 5.97. The summed E-state index contributed by atoms with van der Waals surface area (Å²) < 4.78 is 0. The first-order valence-electron chi connectivity index (χ1n) is 6.27. The molecular formula is C13H22. The van der Waals surface area contributed by atoms with Gasteiger partial charge in [-0.3, -0.25) is 0 Å². The van der Waals surface area contributed by atoms with Gasteiger partial charge in [0.25, 0.3) is 0 Å². The second-order valence-electron chi connectivity index (χ2n) is 5.97. The molecule has 0 bridgehead atoms. The van der Waals surface area contributed by atoms with E-state index in [0.29, 0.717) is 0 Å². The van der Waals surface area contributed by atoms with Gasteiger partial charge in [-0.15, -0.1) is 0 Å². The van der Waals surface area contributed by atoms with Crippen LogP contribution in [-0.2, 0) is 0 Å². The summed E-state index contributed by atoms with van der Waals surface area (Å²) in [5.74, 6) is 4.70. The van der Waals surface area contributed by atoms with E-state index in [1.54, 1.807) is 25.7 Å². The number of hydrogen-bond acceptors (Lipinski definition) is 0. The zero-order chi connectivity index (χ0) is 9.05. The van der Waals surface area contributed by atoms with Gasteiger partial charge >= 0.3 is 0 Å². The Bertz CT molecular complexity index is 212. The van der Waals surface area contributed by atoms with E-state index in [4.69, 9.17) is 0 Å². The number of hydrogen-bond donors (Lipinski definition) is 0. The van der Waals surface area contributed by atoms with Gasteiger partial charge in [-0.25, -0.2) is 0 Å². The monoisotopic (exact) mass is 178 g/mol. The average Bonchev–Trinajstić information content (AvgIpc) is 2.10. The molecule has 0 heteroatoms. The van der Waals surface area contributed by atoms with Crippen LogP contribution >= 0.6 is 0 Å². The maximum absolute atomic E-state index is 2.55. The number of rotatable bonds is 3. The minimum atomic E-state index is 0.855. The summed E-state index contributed by atoms with van der Waals surface area (Å²) in [7, 11) is 0. The van der Waals surface area contributed by atoms with Crippen molar-refractivity contribution in [3.63, 3.8) is 0 Å². The van der Waals surface area contributed by atoms with E-state index < -0.39 is 0 Å². The van der Waals surface area contributed by atoms with Crippen molar-refractivity contribution in [2.24, 2.45) is 29.1 Å². The van der Waals surface area contributed by atoms with E-state index >= 15 is 0 Å². The Kier molecular flexibility index (Phi) is 1.61. The lowest BCUT2D eigenvalue weighted by atomic mass is 9.29. The van der Waals surface area contributed by atoms with Crippen molar-refractivity contribution in [1.29, 1.82) is 0 Å². The molecule has 5 atom stereocenters. The van der Waals surface area contributed by atoms with Gasteiger partial charge in [0, 0.05) is 0 Å². The first kappa shape index (κ1) is 8.32. The van der Waals surface area contributed by atoms with Crippen LogP contribution in [0, 0.1) is 29.1 Å². The van der Waals surface area contributed by atoms with Crippen LogP contribution in [0.25, 0.3) is 0 Å². The summed E-state index contributed by atoms with van der Waals surface area (Å²) in [6.07, 6.45) is 9.15. The minimum Gasteiger partial charge on any atom is -0.0654 e. The fourth-order valence-corrected chi connectivity index (χ4v) is 4.61. The summed E-state index contributed by atoms with van der Waals surface area (Å²) >= 11 is 0. The van der Waals surface area contributed by atoms with Crippen LogP contribution in [0.3, 0.4) is 0 Å². The fourth-order valence-electron chi connectivity index (χ4n) is 4.61. The molecule has 74 valence electrons. The standard InChI is InChI=1S/C13H22/c1-3-4-5-9-8-11-12(9)10-6-7-13(10,11)2/h9-12H,3-8H2,1-2H3. The van der Waals surface area contributed by atoms with Crippen molar-refractivity contribution in [3.8, 4) is 0 Å². The smallest absolute Gasteiger partial charge is 0.0263 e. The number of unbranched alkanes of at least 4 members (excludes halogenated alkanes) is 1. The summed E-state index contributed by atoms with van der Waals surface area (Å²) in [5.41, 5.74) is 0.855. The SMILES string of the molecule is CCCCC1CC2C1C1CCC12C. The summed E-state index contributed by atoms with van der Waals surface area (Å²) in [6, 6.07) is 0. The highest BCUT2D eigenvalue weighted by Gasteiger charge is 2.69. The van der Waals surface area contributed by atoms with Crippen molar-refractivity contribution in [2.45, 2.75) is 52.4 Å². The highest BCUT2D eigenvalue weighted by atomic mass is 14.7. The van der Waals surface area contributed by atoms with Gasteiger partial charge < -0.3 is 0 Å². The van der Waals surface area contributed by atoms with Crippen LogP contribution in [0.5, 0.6) is 0 Å². The van der Waals surface area contributed by atoms with Crippen LogP contribution in [0.15, 0.2) is 0 Å². The molecule has 0 spiro atoms.